The number of rotatable bonds is 5. The summed E-state index contributed by atoms with van der Waals surface area (Å²) in [5.74, 6) is 3.42. The lowest BCUT2D eigenvalue weighted by atomic mass is 9.35. The van der Waals surface area contributed by atoms with Gasteiger partial charge in [-0.15, -0.1) is 11.3 Å². The Morgan fingerprint density at radius 1 is 0.700 bits per heavy atom. The van der Waals surface area contributed by atoms with E-state index >= 15 is 0 Å². The molecular weight excluding hydrogens is 507 g/mol. The fourth-order valence-corrected chi connectivity index (χ4v) is 7.02. The molecule has 0 saturated heterocycles. The van der Waals surface area contributed by atoms with E-state index in [1.54, 1.807) is 11.3 Å². The third-order valence-electron chi connectivity index (χ3n) is 7.71. The van der Waals surface area contributed by atoms with Gasteiger partial charge >= 0.3 is 0 Å². The van der Waals surface area contributed by atoms with Gasteiger partial charge in [-0.2, -0.15) is 0 Å². The van der Waals surface area contributed by atoms with Crippen molar-refractivity contribution >= 4 is 58.7 Å². The van der Waals surface area contributed by atoms with Gasteiger partial charge in [0, 0.05) is 14.9 Å². The first kappa shape index (κ1) is 24.3. The minimum atomic E-state index is 0.0633. The van der Waals surface area contributed by atoms with Gasteiger partial charge in [0.05, 0.1) is 0 Å². The summed E-state index contributed by atoms with van der Waals surface area (Å²) in [6, 6.07) is 29.3. The predicted molar refractivity (Wildman–Crippen MR) is 172 cm³/mol. The quantitative estimate of drug-likeness (QED) is 0.245. The Bertz CT molecular complexity index is 1930. The average molecular weight is 532 g/mol. The van der Waals surface area contributed by atoms with Crippen LogP contribution in [0.15, 0.2) is 111 Å². The predicted octanol–water partition coefficient (Wildman–Crippen LogP) is 6.22. The van der Waals surface area contributed by atoms with E-state index in [4.69, 9.17) is 9.47 Å². The Hall–Kier alpha value is -4.80. The average Bonchev–Trinajstić information content (AvgIpc) is 3.32. The lowest BCUT2D eigenvalue weighted by Gasteiger charge is -2.33. The summed E-state index contributed by atoms with van der Waals surface area (Å²) >= 11 is 1.66. The first-order valence-electron chi connectivity index (χ1n) is 13.2. The summed E-state index contributed by atoms with van der Waals surface area (Å²) in [7, 11) is 0. The molecule has 0 atom stereocenters. The maximum Gasteiger partial charge on any atom is 0.260 e. The Kier molecular flexibility index (Phi) is 5.73. The minimum absolute atomic E-state index is 0.0633. The first-order valence-corrected chi connectivity index (χ1v) is 14.0. The van der Waals surface area contributed by atoms with E-state index in [-0.39, 0.29) is 6.71 Å². The summed E-state index contributed by atoms with van der Waals surface area (Å²) in [6.45, 7) is 16.5. The Morgan fingerprint density at radius 2 is 1.35 bits per heavy atom. The highest BCUT2D eigenvalue weighted by atomic mass is 32.1. The topological polar surface area (TPSA) is 18.5 Å². The van der Waals surface area contributed by atoms with E-state index in [9.17, 15) is 0 Å². The van der Waals surface area contributed by atoms with Crippen LogP contribution in [0, 0.1) is 0 Å². The van der Waals surface area contributed by atoms with E-state index in [2.05, 4.69) is 87.0 Å². The highest BCUT2D eigenvalue weighted by Crippen LogP contribution is 2.38. The highest BCUT2D eigenvalue weighted by molar-refractivity contribution is 7.11. The summed E-state index contributed by atoms with van der Waals surface area (Å²) in [6.07, 6.45) is 5.61. The molecule has 7 rings (SSSR count). The van der Waals surface area contributed by atoms with Crippen LogP contribution < -0.4 is 35.6 Å². The number of thiophene rings is 1. The lowest BCUT2D eigenvalue weighted by Crippen LogP contribution is -2.57. The number of allylic oxidation sites excluding steroid dienone is 1. The third-order valence-corrected chi connectivity index (χ3v) is 8.99. The van der Waals surface area contributed by atoms with Gasteiger partial charge in [-0.3, -0.25) is 0 Å². The molecule has 4 aromatic carbocycles. The van der Waals surface area contributed by atoms with E-state index in [1.807, 2.05) is 42.5 Å². The smallest absolute Gasteiger partial charge is 0.260 e. The molecule has 5 aromatic rings. The molecule has 0 bridgehead atoms. The molecule has 0 radical (unpaired) electrons. The van der Waals surface area contributed by atoms with Crippen molar-refractivity contribution in [3.8, 4) is 34.1 Å². The summed E-state index contributed by atoms with van der Waals surface area (Å²) in [5.41, 5.74) is 8.58. The van der Waals surface area contributed by atoms with Crippen molar-refractivity contribution in [2.75, 3.05) is 0 Å². The molecule has 0 aliphatic carbocycles. The number of hydrogen-bond donors (Lipinski definition) is 0. The Labute approximate surface area is 238 Å². The van der Waals surface area contributed by atoms with E-state index in [1.165, 1.54) is 0 Å². The molecule has 2 aliphatic heterocycles. The van der Waals surface area contributed by atoms with E-state index in [0.29, 0.717) is 0 Å². The van der Waals surface area contributed by atoms with Gasteiger partial charge in [0.2, 0.25) is 0 Å². The van der Waals surface area contributed by atoms with Gasteiger partial charge in [0.1, 0.15) is 23.0 Å². The van der Waals surface area contributed by atoms with Crippen LogP contribution in [0.4, 0.5) is 0 Å². The SMILES string of the molecule is C=C/C(c1cccc(-c2cc3c4c(c2)Oc2ccccc2B4c2ccccc2O3)c1)=c1/sc(C=C)c(C=C)c1=C. The van der Waals surface area contributed by atoms with Crippen molar-refractivity contribution in [3.05, 3.63) is 136 Å². The Balaban J connectivity index is 1.40. The van der Waals surface area contributed by atoms with Crippen molar-refractivity contribution in [1.82, 2.24) is 0 Å². The van der Waals surface area contributed by atoms with Crippen LogP contribution in [0.1, 0.15) is 16.0 Å². The van der Waals surface area contributed by atoms with Gasteiger partial charge in [0.25, 0.3) is 6.71 Å². The van der Waals surface area contributed by atoms with Crippen LogP contribution in [0.2, 0.25) is 0 Å². The second kappa shape index (κ2) is 9.44. The maximum atomic E-state index is 6.50. The van der Waals surface area contributed by atoms with Gasteiger partial charge in [-0.05, 0) is 74.3 Å². The Morgan fingerprint density at radius 3 is 1.93 bits per heavy atom. The molecule has 0 saturated carbocycles. The molecule has 190 valence electrons. The minimum Gasteiger partial charge on any atom is -0.458 e. The molecule has 0 amide bonds. The van der Waals surface area contributed by atoms with Crippen molar-refractivity contribution in [2.24, 2.45) is 0 Å². The van der Waals surface area contributed by atoms with Crippen LogP contribution in [-0.2, 0) is 0 Å². The molecular formula is C36H25BO2S. The van der Waals surface area contributed by atoms with Crippen LogP contribution in [-0.4, -0.2) is 6.71 Å². The molecule has 4 heteroatoms. The zero-order chi connectivity index (χ0) is 27.4. The fraction of sp³-hybridized carbons (Fsp3) is 0. The van der Waals surface area contributed by atoms with E-state index < -0.39 is 0 Å². The molecule has 40 heavy (non-hydrogen) atoms. The van der Waals surface area contributed by atoms with Crippen molar-refractivity contribution in [1.29, 1.82) is 0 Å². The molecule has 0 fully saturated rings. The highest BCUT2D eigenvalue weighted by Gasteiger charge is 2.40. The van der Waals surface area contributed by atoms with Gasteiger partial charge in [0.15, 0.2) is 0 Å². The number of hydrogen-bond acceptors (Lipinski definition) is 3. The van der Waals surface area contributed by atoms with Crippen LogP contribution in [0.25, 0.3) is 35.4 Å². The van der Waals surface area contributed by atoms with Crippen molar-refractivity contribution < 1.29 is 9.47 Å². The number of fused-ring (bicyclic) bond motifs is 4. The second-order valence-electron chi connectivity index (χ2n) is 9.89. The molecule has 0 spiro atoms. The van der Waals surface area contributed by atoms with Crippen LogP contribution in [0.3, 0.4) is 0 Å². The number of para-hydroxylation sites is 2. The maximum absolute atomic E-state index is 6.50. The molecule has 1 aromatic heterocycles. The fourth-order valence-electron chi connectivity index (χ4n) is 5.86. The summed E-state index contributed by atoms with van der Waals surface area (Å²) in [4.78, 5) is 1.06. The van der Waals surface area contributed by atoms with E-state index in [0.717, 1.165) is 81.8 Å². The molecule has 2 aliphatic rings. The zero-order valence-electron chi connectivity index (χ0n) is 21.9. The third kappa shape index (κ3) is 3.64. The van der Waals surface area contributed by atoms with Gasteiger partial charge < -0.3 is 9.47 Å². The van der Waals surface area contributed by atoms with Crippen molar-refractivity contribution in [2.45, 2.75) is 0 Å². The summed E-state index contributed by atoms with van der Waals surface area (Å²) < 4.78 is 14.1. The van der Waals surface area contributed by atoms with Gasteiger partial charge in [-0.25, -0.2) is 0 Å². The standard InChI is InChI=1S/C36H25BO2S/c1-5-26-22(4)36(40-34(26)7-3)27(6-2)24-14-12-13-23(19-24)25-20-32-35-33(21-25)39-31-18-11-9-16-29(31)37(35)28-15-8-10-17-30(28)38-32/h5-21H,1-4H2/b36-27-. The number of ether oxygens (including phenoxy) is 2. The summed E-state index contributed by atoms with van der Waals surface area (Å²) in [5, 5.41) is 0.943. The van der Waals surface area contributed by atoms with Crippen LogP contribution in [0.5, 0.6) is 23.0 Å². The van der Waals surface area contributed by atoms with Crippen molar-refractivity contribution in [3.63, 3.8) is 0 Å². The normalized spacial score (nSPS) is 13.2. The lowest BCUT2D eigenvalue weighted by molar-refractivity contribution is 0.465. The van der Waals surface area contributed by atoms with Gasteiger partial charge in [-0.1, -0.05) is 99.1 Å². The molecule has 0 N–H and O–H groups in total. The molecule has 3 heterocycles. The first-order chi connectivity index (χ1) is 19.6. The zero-order valence-corrected chi connectivity index (χ0v) is 22.8. The number of benzene rings is 4. The molecule has 0 unspecified atom stereocenters. The largest absolute Gasteiger partial charge is 0.458 e. The monoisotopic (exact) mass is 532 g/mol. The van der Waals surface area contributed by atoms with Crippen LogP contribution >= 0.6 is 11.3 Å². The molecule has 2 nitrogen and oxygen atoms in total. The second-order valence-corrected chi connectivity index (χ2v) is 10.9.